The van der Waals surface area contributed by atoms with Crippen LogP contribution in [0, 0.1) is 11.3 Å². The van der Waals surface area contributed by atoms with Crippen molar-refractivity contribution in [3.8, 4) is 0 Å². The van der Waals surface area contributed by atoms with Crippen molar-refractivity contribution in [2.75, 3.05) is 6.54 Å². The molecular weight excluding hydrogens is 183 g/mol. The molecule has 0 spiro atoms. The Bertz CT molecular complexity index is 230. The Balaban J connectivity index is 2.61. The fourth-order valence-corrected chi connectivity index (χ4v) is 1.84. The molecule has 0 aromatic rings. The van der Waals surface area contributed by atoms with Gasteiger partial charge in [-0.25, -0.2) is 4.39 Å². The third kappa shape index (κ3) is 2.61. The Kier molecular flexibility index (Phi) is 4.20. The molecule has 14 heavy (non-hydrogen) atoms. The Morgan fingerprint density at radius 2 is 2.36 bits per heavy atom. The van der Waals surface area contributed by atoms with Gasteiger partial charge in [0.2, 0.25) is 0 Å². The molecule has 3 atom stereocenters. The van der Waals surface area contributed by atoms with Crippen LogP contribution in [0.5, 0.6) is 0 Å². The fourth-order valence-electron chi connectivity index (χ4n) is 1.84. The molecule has 0 saturated heterocycles. The van der Waals surface area contributed by atoms with Crippen LogP contribution in [0.1, 0.15) is 26.2 Å². The van der Waals surface area contributed by atoms with Gasteiger partial charge in [-0.15, -0.1) is 0 Å². The summed E-state index contributed by atoms with van der Waals surface area (Å²) < 4.78 is 13.2. The molecule has 1 saturated carbocycles. The number of hydrogen-bond donors (Lipinski definition) is 2. The lowest BCUT2D eigenvalue weighted by molar-refractivity contribution is 0.0354. The number of aliphatic imine (C=N–C) groups is 1. The second kappa shape index (κ2) is 5.20. The minimum absolute atomic E-state index is 0.0193. The summed E-state index contributed by atoms with van der Waals surface area (Å²) in [5.41, 5.74) is 0.669. The minimum Gasteiger partial charge on any atom is -0.390 e. The first-order chi connectivity index (χ1) is 6.69. The van der Waals surface area contributed by atoms with E-state index in [1.54, 1.807) is 0 Å². The topological polar surface area (TPSA) is 56.4 Å². The molecule has 0 aromatic heterocycles. The molecule has 1 aliphatic carbocycles. The summed E-state index contributed by atoms with van der Waals surface area (Å²) >= 11 is 0. The van der Waals surface area contributed by atoms with Crippen LogP contribution in [0.2, 0.25) is 0 Å². The summed E-state index contributed by atoms with van der Waals surface area (Å²) in [6, 6.07) is 0. The van der Waals surface area contributed by atoms with Crippen molar-refractivity contribution in [2.45, 2.75) is 38.5 Å². The standard InChI is InChI=1S/C10H17FN2O/c1-2-13-9(6-12)7-3-4-10(14)8(11)5-7/h6-8,10,12,14H,2-5H2,1H3/t7-,8-,10-/m0/s1. The van der Waals surface area contributed by atoms with Crippen molar-refractivity contribution in [1.82, 2.24) is 0 Å². The molecule has 0 aliphatic heterocycles. The van der Waals surface area contributed by atoms with Crippen molar-refractivity contribution < 1.29 is 9.50 Å². The molecule has 0 amide bonds. The number of halogens is 1. The number of alkyl halides is 1. The summed E-state index contributed by atoms with van der Waals surface area (Å²) in [5, 5.41) is 16.4. The SMILES string of the molecule is CCN=C(C=N)[C@H]1CC[C@H](O)[C@@H](F)C1. The molecular formula is C10H17FN2O. The van der Waals surface area contributed by atoms with E-state index in [0.29, 0.717) is 25.1 Å². The third-order valence-electron chi connectivity index (χ3n) is 2.64. The monoisotopic (exact) mass is 200 g/mol. The first kappa shape index (κ1) is 11.3. The predicted octanol–water partition coefficient (Wildman–Crippen LogP) is 1.60. The van der Waals surface area contributed by atoms with Gasteiger partial charge < -0.3 is 10.5 Å². The van der Waals surface area contributed by atoms with E-state index in [9.17, 15) is 9.50 Å². The Morgan fingerprint density at radius 3 is 2.86 bits per heavy atom. The van der Waals surface area contributed by atoms with E-state index in [1.165, 1.54) is 6.21 Å². The van der Waals surface area contributed by atoms with E-state index < -0.39 is 12.3 Å². The highest BCUT2D eigenvalue weighted by atomic mass is 19.1. The normalized spacial score (nSPS) is 34.2. The fraction of sp³-hybridized carbons (Fsp3) is 0.800. The van der Waals surface area contributed by atoms with Crippen LogP contribution in [0.25, 0.3) is 0 Å². The third-order valence-corrected chi connectivity index (χ3v) is 2.64. The highest BCUT2D eigenvalue weighted by Crippen LogP contribution is 2.27. The van der Waals surface area contributed by atoms with Crippen LogP contribution in [-0.2, 0) is 0 Å². The summed E-state index contributed by atoms with van der Waals surface area (Å²) in [4.78, 5) is 4.15. The quantitative estimate of drug-likeness (QED) is 0.668. The summed E-state index contributed by atoms with van der Waals surface area (Å²) in [6.45, 7) is 2.52. The van der Waals surface area contributed by atoms with Crippen LogP contribution >= 0.6 is 0 Å². The van der Waals surface area contributed by atoms with Gasteiger partial charge in [-0.05, 0) is 26.2 Å². The lowest BCUT2D eigenvalue weighted by Gasteiger charge is -2.28. The maximum Gasteiger partial charge on any atom is 0.127 e. The Labute approximate surface area is 83.6 Å². The second-order valence-corrected chi connectivity index (χ2v) is 3.64. The van der Waals surface area contributed by atoms with Crippen LogP contribution in [-0.4, -0.2) is 35.9 Å². The van der Waals surface area contributed by atoms with Crippen molar-refractivity contribution in [2.24, 2.45) is 10.9 Å². The van der Waals surface area contributed by atoms with Gasteiger partial charge in [0.15, 0.2) is 0 Å². The van der Waals surface area contributed by atoms with Gasteiger partial charge in [0.1, 0.15) is 6.17 Å². The average Bonchev–Trinajstić information content (AvgIpc) is 2.19. The molecule has 0 radical (unpaired) electrons. The van der Waals surface area contributed by atoms with E-state index in [2.05, 4.69) is 4.99 Å². The molecule has 2 N–H and O–H groups in total. The number of aliphatic hydroxyl groups excluding tert-OH is 1. The van der Waals surface area contributed by atoms with Gasteiger partial charge in [-0.2, -0.15) is 0 Å². The number of rotatable bonds is 3. The van der Waals surface area contributed by atoms with Crippen molar-refractivity contribution in [3.05, 3.63) is 0 Å². The molecule has 0 unspecified atom stereocenters. The molecule has 80 valence electrons. The molecule has 0 heterocycles. The van der Waals surface area contributed by atoms with Crippen LogP contribution in [0.15, 0.2) is 4.99 Å². The molecule has 3 nitrogen and oxygen atoms in total. The second-order valence-electron chi connectivity index (χ2n) is 3.64. The maximum atomic E-state index is 13.2. The molecule has 1 aliphatic rings. The van der Waals surface area contributed by atoms with Gasteiger partial charge in [0, 0.05) is 18.7 Å². The highest BCUT2D eigenvalue weighted by Gasteiger charge is 2.30. The van der Waals surface area contributed by atoms with Crippen LogP contribution in [0.3, 0.4) is 0 Å². The minimum atomic E-state index is -1.16. The van der Waals surface area contributed by atoms with Gasteiger partial charge in [0.05, 0.1) is 11.8 Å². The predicted molar refractivity (Wildman–Crippen MR) is 55.0 cm³/mol. The summed E-state index contributed by atoms with van der Waals surface area (Å²) in [5.74, 6) is 0.0193. The van der Waals surface area contributed by atoms with Gasteiger partial charge in [-0.1, -0.05) is 0 Å². The van der Waals surface area contributed by atoms with Crippen molar-refractivity contribution in [3.63, 3.8) is 0 Å². The van der Waals surface area contributed by atoms with Crippen molar-refractivity contribution in [1.29, 1.82) is 5.41 Å². The molecule has 0 aromatic carbocycles. The van der Waals surface area contributed by atoms with E-state index in [0.717, 1.165) is 6.42 Å². The molecule has 0 bridgehead atoms. The first-order valence-electron chi connectivity index (χ1n) is 5.06. The van der Waals surface area contributed by atoms with Gasteiger partial charge in [-0.3, -0.25) is 4.99 Å². The molecule has 1 rings (SSSR count). The smallest absolute Gasteiger partial charge is 0.127 e. The van der Waals surface area contributed by atoms with E-state index in [4.69, 9.17) is 5.41 Å². The molecule has 1 fully saturated rings. The van der Waals surface area contributed by atoms with Gasteiger partial charge in [0.25, 0.3) is 0 Å². The Morgan fingerprint density at radius 1 is 1.64 bits per heavy atom. The first-order valence-corrected chi connectivity index (χ1v) is 5.06. The van der Waals surface area contributed by atoms with Crippen molar-refractivity contribution >= 4 is 11.9 Å². The van der Waals surface area contributed by atoms with Crippen LogP contribution < -0.4 is 0 Å². The van der Waals surface area contributed by atoms with Crippen LogP contribution in [0.4, 0.5) is 4.39 Å². The zero-order chi connectivity index (χ0) is 10.6. The summed E-state index contributed by atoms with van der Waals surface area (Å²) in [7, 11) is 0. The maximum absolute atomic E-state index is 13.2. The number of hydrogen-bond acceptors (Lipinski definition) is 3. The zero-order valence-electron chi connectivity index (χ0n) is 8.41. The summed E-state index contributed by atoms with van der Waals surface area (Å²) in [6.07, 6.45) is 0.738. The van der Waals surface area contributed by atoms with Gasteiger partial charge >= 0.3 is 0 Å². The zero-order valence-corrected chi connectivity index (χ0v) is 8.41. The number of aliphatic hydroxyl groups is 1. The highest BCUT2D eigenvalue weighted by molar-refractivity contribution is 6.30. The number of nitrogens with one attached hydrogen (secondary N) is 1. The average molecular weight is 200 g/mol. The largest absolute Gasteiger partial charge is 0.390 e. The lowest BCUT2D eigenvalue weighted by atomic mass is 9.83. The van der Waals surface area contributed by atoms with E-state index in [1.807, 2.05) is 6.92 Å². The molecule has 4 heteroatoms. The number of nitrogens with zero attached hydrogens (tertiary/aromatic N) is 1. The lowest BCUT2D eigenvalue weighted by Crippen LogP contribution is -2.34. The Hall–Kier alpha value is -0.770. The van der Waals surface area contributed by atoms with E-state index in [-0.39, 0.29) is 5.92 Å². The van der Waals surface area contributed by atoms with E-state index >= 15 is 0 Å².